The van der Waals surface area contributed by atoms with Crippen molar-refractivity contribution in [3.05, 3.63) is 66.0 Å². The lowest BCUT2D eigenvalue weighted by atomic mass is 9.94. The number of hydrogen-bond donors (Lipinski definition) is 1. The number of anilines is 1. The number of rotatable bonds is 6. The molecule has 37 heavy (non-hydrogen) atoms. The molecule has 0 unspecified atom stereocenters. The smallest absolute Gasteiger partial charge is 0.270 e. The quantitative estimate of drug-likeness (QED) is 0.404. The Balaban J connectivity index is 1.48. The molecule has 1 aliphatic rings. The summed E-state index contributed by atoms with van der Waals surface area (Å²) in [6.07, 6.45) is 5.09. The number of piperazine rings is 1. The van der Waals surface area contributed by atoms with Crippen LogP contribution in [0.1, 0.15) is 35.8 Å². The minimum atomic E-state index is -0.345. The Hall–Kier alpha value is -4.14. The first kappa shape index (κ1) is 24.5. The van der Waals surface area contributed by atoms with Crippen molar-refractivity contribution in [3.63, 3.8) is 0 Å². The Bertz CT molecular complexity index is 1440. The van der Waals surface area contributed by atoms with Gasteiger partial charge in [0.15, 0.2) is 17.4 Å². The molecule has 5 rings (SSSR count). The number of aromatic amines is 1. The molecule has 8 nitrogen and oxygen atoms in total. The maximum atomic E-state index is 15.6. The Kier molecular flexibility index (Phi) is 6.69. The van der Waals surface area contributed by atoms with E-state index in [-0.39, 0.29) is 17.6 Å². The first-order chi connectivity index (χ1) is 17.9. The van der Waals surface area contributed by atoms with Gasteiger partial charge < -0.3 is 24.3 Å². The largest absolute Gasteiger partial charge is 0.496 e. The van der Waals surface area contributed by atoms with E-state index in [1.807, 2.05) is 32.0 Å². The van der Waals surface area contributed by atoms with Crippen LogP contribution in [-0.4, -0.2) is 66.2 Å². The van der Waals surface area contributed by atoms with Gasteiger partial charge in [-0.15, -0.1) is 0 Å². The zero-order valence-electron chi connectivity index (χ0n) is 21.4. The SMILES string of the molecule is COc1ccncc1-c1cc(C(C)C)c(F)c2[nH]c(C(=O)N3CCN(c4ncccc4OC)CC3)cc12. The average Bonchev–Trinajstić information content (AvgIpc) is 3.39. The third kappa shape index (κ3) is 4.45. The number of carbonyl (C=O) groups is 1. The van der Waals surface area contributed by atoms with Gasteiger partial charge in [-0.1, -0.05) is 13.8 Å². The van der Waals surface area contributed by atoms with E-state index in [1.165, 1.54) is 0 Å². The van der Waals surface area contributed by atoms with E-state index in [4.69, 9.17) is 9.47 Å². The van der Waals surface area contributed by atoms with Gasteiger partial charge in [0.2, 0.25) is 0 Å². The zero-order valence-corrected chi connectivity index (χ0v) is 21.4. The van der Waals surface area contributed by atoms with Gasteiger partial charge in [-0.3, -0.25) is 9.78 Å². The van der Waals surface area contributed by atoms with Crippen LogP contribution in [-0.2, 0) is 0 Å². The molecular formula is C28H30FN5O3. The van der Waals surface area contributed by atoms with Crippen molar-refractivity contribution in [3.8, 4) is 22.6 Å². The molecule has 1 amide bonds. The molecule has 1 N–H and O–H groups in total. The fraction of sp³-hybridized carbons (Fsp3) is 0.321. The molecule has 4 aromatic rings. The lowest BCUT2D eigenvalue weighted by Crippen LogP contribution is -2.49. The number of benzene rings is 1. The lowest BCUT2D eigenvalue weighted by molar-refractivity contribution is 0.0741. The van der Waals surface area contributed by atoms with Crippen molar-refractivity contribution in [2.24, 2.45) is 0 Å². The number of methoxy groups -OCH3 is 2. The minimum absolute atomic E-state index is 0.0510. The summed E-state index contributed by atoms with van der Waals surface area (Å²) < 4.78 is 26.6. The lowest BCUT2D eigenvalue weighted by Gasteiger charge is -2.35. The van der Waals surface area contributed by atoms with Crippen LogP contribution in [0.2, 0.25) is 0 Å². The third-order valence-corrected chi connectivity index (χ3v) is 6.86. The van der Waals surface area contributed by atoms with Gasteiger partial charge in [-0.2, -0.15) is 0 Å². The summed E-state index contributed by atoms with van der Waals surface area (Å²) in [4.78, 5) is 29.2. The Morgan fingerprint density at radius 3 is 2.49 bits per heavy atom. The van der Waals surface area contributed by atoms with E-state index in [2.05, 4.69) is 19.9 Å². The molecule has 9 heteroatoms. The Morgan fingerprint density at radius 2 is 1.78 bits per heavy atom. The number of ether oxygens (including phenoxy) is 2. The molecule has 1 fully saturated rings. The Labute approximate surface area is 215 Å². The molecule has 0 atom stereocenters. The topological polar surface area (TPSA) is 83.6 Å². The molecular weight excluding hydrogens is 473 g/mol. The highest BCUT2D eigenvalue weighted by Gasteiger charge is 2.27. The predicted molar refractivity (Wildman–Crippen MR) is 141 cm³/mol. The molecule has 0 aliphatic carbocycles. The first-order valence-corrected chi connectivity index (χ1v) is 12.3. The second kappa shape index (κ2) is 10.1. The summed E-state index contributed by atoms with van der Waals surface area (Å²) in [6, 6.07) is 9.05. The highest BCUT2D eigenvalue weighted by Crippen LogP contribution is 2.39. The van der Waals surface area contributed by atoms with Crippen LogP contribution in [0.3, 0.4) is 0 Å². The van der Waals surface area contributed by atoms with Crippen molar-refractivity contribution < 1.29 is 18.7 Å². The van der Waals surface area contributed by atoms with Crippen LogP contribution in [0.4, 0.5) is 10.2 Å². The maximum absolute atomic E-state index is 15.6. The van der Waals surface area contributed by atoms with Gasteiger partial charge in [0, 0.05) is 55.7 Å². The van der Waals surface area contributed by atoms with Gasteiger partial charge >= 0.3 is 0 Å². The summed E-state index contributed by atoms with van der Waals surface area (Å²) in [7, 11) is 3.21. The van der Waals surface area contributed by atoms with Gasteiger partial charge in [0.1, 0.15) is 11.4 Å². The van der Waals surface area contributed by atoms with E-state index >= 15 is 4.39 Å². The number of hydrogen-bond acceptors (Lipinski definition) is 6. The van der Waals surface area contributed by atoms with Crippen LogP contribution in [0.5, 0.6) is 11.5 Å². The van der Waals surface area contributed by atoms with Crippen LogP contribution < -0.4 is 14.4 Å². The second-order valence-corrected chi connectivity index (χ2v) is 9.34. The van der Waals surface area contributed by atoms with E-state index in [9.17, 15) is 4.79 Å². The fourth-order valence-electron chi connectivity index (χ4n) is 4.87. The predicted octanol–water partition coefficient (Wildman–Crippen LogP) is 4.87. The highest BCUT2D eigenvalue weighted by atomic mass is 19.1. The van der Waals surface area contributed by atoms with Crippen LogP contribution in [0, 0.1) is 5.82 Å². The zero-order chi connectivity index (χ0) is 26.1. The van der Waals surface area contributed by atoms with Crippen molar-refractivity contribution in [1.29, 1.82) is 0 Å². The third-order valence-electron chi connectivity index (χ3n) is 6.86. The molecule has 0 saturated carbocycles. The number of fused-ring (bicyclic) bond motifs is 1. The number of amides is 1. The molecule has 0 bridgehead atoms. The van der Waals surface area contributed by atoms with Crippen LogP contribution >= 0.6 is 0 Å². The fourth-order valence-corrected chi connectivity index (χ4v) is 4.87. The van der Waals surface area contributed by atoms with Crippen LogP contribution in [0.25, 0.3) is 22.0 Å². The maximum Gasteiger partial charge on any atom is 0.270 e. The standard InChI is InChI=1S/C28H30FN5O3/c1-17(2)18-14-19(21-16-30-9-7-23(21)36-3)20-15-22(32-26(20)25(18)29)28(35)34-12-10-33(11-13-34)27-24(37-4)6-5-8-31-27/h5-9,14-17,32H,10-13H2,1-4H3. The average molecular weight is 504 g/mol. The molecule has 1 saturated heterocycles. The number of nitrogens with one attached hydrogen (secondary N) is 1. The van der Waals surface area contributed by atoms with Crippen molar-refractivity contribution in [1.82, 2.24) is 19.9 Å². The number of nitrogens with zero attached hydrogens (tertiary/aromatic N) is 4. The number of pyridine rings is 2. The number of H-pyrrole nitrogens is 1. The van der Waals surface area contributed by atoms with E-state index < -0.39 is 0 Å². The molecule has 4 heterocycles. The summed E-state index contributed by atoms with van der Waals surface area (Å²) in [6.45, 7) is 6.14. The second-order valence-electron chi connectivity index (χ2n) is 9.34. The van der Waals surface area contributed by atoms with E-state index in [1.54, 1.807) is 49.8 Å². The molecule has 1 aromatic carbocycles. The van der Waals surface area contributed by atoms with Crippen molar-refractivity contribution in [2.75, 3.05) is 45.3 Å². The normalized spacial score (nSPS) is 13.9. The molecule has 0 radical (unpaired) electrons. The first-order valence-electron chi connectivity index (χ1n) is 12.3. The number of halogens is 1. The van der Waals surface area contributed by atoms with Gasteiger partial charge in [-0.25, -0.2) is 9.37 Å². The molecule has 3 aromatic heterocycles. The molecule has 192 valence electrons. The number of aromatic nitrogens is 3. The van der Waals surface area contributed by atoms with Crippen molar-refractivity contribution in [2.45, 2.75) is 19.8 Å². The van der Waals surface area contributed by atoms with E-state index in [0.717, 1.165) is 16.9 Å². The van der Waals surface area contributed by atoms with Gasteiger partial charge in [0.05, 0.1) is 19.7 Å². The number of carbonyl (C=O) groups excluding carboxylic acids is 1. The van der Waals surface area contributed by atoms with E-state index in [0.29, 0.717) is 59.8 Å². The summed E-state index contributed by atoms with van der Waals surface area (Å²) in [5, 5.41) is 0.619. The summed E-state index contributed by atoms with van der Waals surface area (Å²) >= 11 is 0. The summed E-state index contributed by atoms with van der Waals surface area (Å²) in [5.41, 5.74) is 2.74. The molecule has 1 aliphatic heterocycles. The minimum Gasteiger partial charge on any atom is -0.496 e. The van der Waals surface area contributed by atoms with Crippen molar-refractivity contribution >= 4 is 22.6 Å². The van der Waals surface area contributed by atoms with Crippen LogP contribution in [0.15, 0.2) is 48.9 Å². The van der Waals surface area contributed by atoms with Gasteiger partial charge in [-0.05, 0) is 47.4 Å². The molecule has 0 spiro atoms. The monoisotopic (exact) mass is 503 g/mol. The summed E-state index contributed by atoms with van der Waals surface area (Å²) in [5.74, 6) is 1.53. The van der Waals surface area contributed by atoms with Gasteiger partial charge in [0.25, 0.3) is 5.91 Å². The highest BCUT2D eigenvalue weighted by molar-refractivity contribution is 6.04. The Morgan fingerprint density at radius 1 is 1.03 bits per heavy atom.